The van der Waals surface area contributed by atoms with Crippen LogP contribution in [-0.4, -0.2) is 0 Å². The molecule has 0 aliphatic heterocycles. The highest BCUT2D eigenvalue weighted by Gasteiger charge is 1.69. The maximum atomic E-state index is 7.95. The Labute approximate surface area is 49.8 Å². The third-order valence-electron chi connectivity index (χ3n) is 0.721. The molecule has 0 amide bonds. The molecule has 0 bridgehead atoms. The number of hydrogen-bond acceptors (Lipinski definition) is 2. The van der Waals surface area contributed by atoms with Crippen molar-refractivity contribution in [3.05, 3.63) is 12.3 Å². The summed E-state index contributed by atoms with van der Waals surface area (Å²) >= 11 is 0. The summed E-state index contributed by atoms with van der Waals surface area (Å²) in [7, 11) is 0. The van der Waals surface area contributed by atoms with E-state index in [4.69, 9.17) is 5.26 Å². The van der Waals surface area contributed by atoms with Gasteiger partial charge in [0, 0.05) is 6.20 Å². The van der Waals surface area contributed by atoms with Gasteiger partial charge in [-0.1, -0.05) is 19.4 Å². The number of hydrogen-bond donors (Lipinski definition) is 1. The smallest absolute Gasteiger partial charge is 0.180 e. The fraction of sp³-hybridized carbons (Fsp3) is 0.500. The summed E-state index contributed by atoms with van der Waals surface area (Å²) in [4.78, 5) is 0. The van der Waals surface area contributed by atoms with Crippen molar-refractivity contribution in [3.63, 3.8) is 0 Å². The molecular weight excluding hydrogens is 100 g/mol. The predicted molar refractivity (Wildman–Crippen MR) is 32.8 cm³/mol. The first-order valence-electron chi connectivity index (χ1n) is 2.71. The summed E-state index contributed by atoms with van der Waals surface area (Å²) in [6.07, 6.45) is 7.54. The van der Waals surface area contributed by atoms with Crippen molar-refractivity contribution in [2.24, 2.45) is 0 Å². The first-order chi connectivity index (χ1) is 3.91. The third kappa shape index (κ3) is 5.03. The molecule has 0 atom stereocenters. The third-order valence-corrected chi connectivity index (χ3v) is 0.721. The van der Waals surface area contributed by atoms with E-state index in [0.29, 0.717) is 0 Å². The van der Waals surface area contributed by atoms with Crippen LogP contribution in [0.1, 0.15) is 19.8 Å². The largest absolute Gasteiger partial charge is 0.300 e. The predicted octanol–water partition coefficient (Wildman–Crippen LogP) is 1.37. The second kappa shape index (κ2) is 6.03. The van der Waals surface area contributed by atoms with Crippen molar-refractivity contribution >= 4 is 0 Å². The molecule has 0 aromatic rings. The molecule has 0 fully saturated rings. The highest BCUT2D eigenvalue weighted by molar-refractivity contribution is 4.84. The van der Waals surface area contributed by atoms with Crippen LogP contribution in [0.4, 0.5) is 0 Å². The van der Waals surface area contributed by atoms with Crippen LogP contribution in [0.15, 0.2) is 12.3 Å². The molecule has 8 heavy (non-hydrogen) atoms. The average Bonchev–Trinajstić information content (AvgIpc) is 1.81. The Bertz CT molecular complexity index is 99.6. The van der Waals surface area contributed by atoms with Crippen LogP contribution >= 0.6 is 0 Å². The van der Waals surface area contributed by atoms with E-state index in [1.165, 1.54) is 0 Å². The average molecular weight is 110 g/mol. The van der Waals surface area contributed by atoms with E-state index >= 15 is 0 Å². The topological polar surface area (TPSA) is 35.8 Å². The summed E-state index contributed by atoms with van der Waals surface area (Å²) in [5.74, 6) is 0. The van der Waals surface area contributed by atoms with Crippen LogP contribution in [0.3, 0.4) is 0 Å². The van der Waals surface area contributed by atoms with Crippen LogP contribution in [0.2, 0.25) is 0 Å². The molecule has 0 unspecified atom stereocenters. The lowest BCUT2D eigenvalue weighted by Gasteiger charge is -1.81. The lowest BCUT2D eigenvalue weighted by atomic mass is 10.3. The monoisotopic (exact) mass is 110 g/mol. The molecule has 0 spiro atoms. The van der Waals surface area contributed by atoms with Crippen molar-refractivity contribution in [1.82, 2.24) is 5.32 Å². The van der Waals surface area contributed by atoms with Gasteiger partial charge >= 0.3 is 0 Å². The highest BCUT2D eigenvalue weighted by atomic mass is 14.8. The van der Waals surface area contributed by atoms with Gasteiger partial charge in [-0.15, -0.1) is 0 Å². The van der Waals surface area contributed by atoms with E-state index in [9.17, 15) is 0 Å². The van der Waals surface area contributed by atoms with Crippen LogP contribution in [-0.2, 0) is 0 Å². The number of rotatable bonds is 3. The fourth-order valence-electron chi connectivity index (χ4n) is 0.346. The van der Waals surface area contributed by atoms with E-state index in [0.717, 1.165) is 12.8 Å². The van der Waals surface area contributed by atoms with Gasteiger partial charge in [-0.3, -0.25) is 0 Å². The number of nitrogens with one attached hydrogen (secondary N) is 1. The Morgan fingerprint density at radius 3 is 3.00 bits per heavy atom. The fourth-order valence-corrected chi connectivity index (χ4v) is 0.346. The van der Waals surface area contributed by atoms with E-state index in [-0.39, 0.29) is 0 Å². The van der Waals surface area contributed by atoms with Gasteiger partial charge in [0.15, 0.2) is 6.19 Å². The van der Waals surface area contributed by atoms with Gasteiger partial charge in [-0.05, 0) is 6.42 Å². The molecule has 0 radical (unpaired) electrons. The lowest BCUT2D eigenvalue weighted by Crippen LogP contribution is -1.89. The second-order valence-electron chi connectivity index (χ2n) is 1.45. The molecule has 0 rings (SSSR count). The van der Waals surface area contributed by atoms with Crippen molar-refractivity contribution in [2.45, 2.75) is 19.8 Å². The minimum absolute atomic E-state index is 1.04. The van der Waals surface area contributed by atoms with Crippen molar-refractivity contribution < 1.29 is 0 Å². The molecule has 2 heteroatoms. The minimum atomic E-state index is 1.04. The van der Waals surface area contributed by atoms with Crippen molar-refractivity contribution in [3.8, 4) is 6.19 Å². The standard InChI is InChI=1S/C6H10N2/c1-2-3-4-5-8-6-7/h4-5,8H,2-3H2,1H3/b5-4+. The summed E-state index contributed by atoms with van der Waals surface area (Å²) in [5, 5.41) is 10.4. The zero-order chi connectivity index (χ0) is 6.24. The van der Waals surface area contributed by atoms with E-state index in [1.807, 2.05) is 6.08 Å². The molecule has 0 heterocycles. The van der Waals surface area contributed by atoms with E-state index in [1.54, 1.807) is 12.4 Å². The van der Waals surface area contributed by atoms with E-state index < -0.39 is 0 Å². The van der Waals surface area contributed by atoms with Gasteiger partial charge in [0.25, 0.3) is 0 Å². The molecular formula is C6H10N2. The van der Waals surface area contributed by atoms with Gasteiger partial charge in [-0.2, -0.15) is 5.26 Å². The summed E-state index contributed by atoms with van der Waals surface area (Å²) < 4.78 is 0. The number of allylic oxidation sites excluding steroid dienone is 1. The molecule has 44 valence electrons. The zero-order valence-corrected chi connectivity index (χ0v) is 5.02. The number of nitriles is 1. The van der Waals surface area contributed by atoms with Crippen molar-refractivity contribution in [2.75, 3.05) is 0 Å². The molecule has 0 aromatic carbocycles. The maximum absolute atomic E-state index is 7.95. The lowest BCUT2D eigenvalue weighted by molar-refractivity contribution is 0.950. The Morgan fingerprint density at radius 1 is 1.75 bits per heavy atom. The minimum Gasteiger partial charge on any atom is -0.300 e. The van der Waals surface area contributed by atoms with Crippen molar-refractivity contribution in [1.29, 1.82) is 5.26 Å². The maximum Gasteiger partial charge on any atom is 0.180 e. The highest BCUT2D eigenvalue weighted by Crippen LogP contribution is 1.84. The molecule has 1 N–H and O–H groups in total. The quantitative estimate of drug-likeness (QED) is 0.440. The molecule has 0 aliphatic carbocycles. The van der Waals surface area contributed by atoms with Gasteiger partial charge in [0.2, 0.25) is 0 Å². The molecule has 0 saturated heterocycles. The summed E-state index contributed by atoms with van der Waals surface area (Å²) in [6, 6.07) is 0. The first-order valence-corrected chi connectivity index (χ1v) is 2.71. The van der Waals surface area contributed by atoms with Gasteiger partial charge in [-0.25, -0.2) is 0 Å². The SMILES string of the molecule is CCC/C=C/NC#N. The normalized spacial score (nSPS) is 9.00. The molecule has 2 nitrogen and oxygen atoms in total. The van der Waals surface area contributed by atoms with Gasteiger partial charge in [0.05, 0.1) is 0 Å². The Morgan fingerprint density at radius 2 is 2.50 bits per heavy atom. The Kier molecular flexibility index (Phi) is 5.30. The molecule has 0 aliphatic rings. The van der Waals surface area contributed by atoms with Crippen LogP contribution in [0.25, 0.3) is 0 Å². The zero-order valence-electron chi connectivity index (χ0n) is 5.02. The van der Waals surface area contributed by atoms with Crippen LogP contribution in [0.5, 0.6) is 0 Å². The number of nitrogens with zero attached hydrogens (tertiary/aromatic N) is 1. The Balaban J connectivity index is 2.98. The summed E-state index contributed by atoms with van der Waals surface area (Å²) in [5.41, 5.74) is 0. The number of unbranched alkanes of at least 4 members (excludes halogenated alkanes) is 1. The Hall–Kier alpha value is -0.970. The summed E-state index contributed by atoms with van der Waals surface area (Å²) in [6.45, 7) is 2.09. The van der Waals surface area contributed by atoms with Crippen LogP contribution in [0, 0.1) is 11.5 Å². The molecule has 0 saturated carbocycles. The van der Waals surface area contributed by atoms with Gasteiger partial charge < -0.3 is 5.32 Å². The molecule has 0 aromatic heterocycles. The van der Waals surface area contributed by atoms with Crippen LogP contribution < -0.4 is 5.32 Å². The second-order valence-corrected chi connectivity index (χ2v) is 1.45. The van der Waals surface area contributed by atoms with E-state index in [2.05, 4.69) is 12.2 Å². The van der Waals surface area contributed by atoms with Gasteiger partial charge in [0.1, 0.15) is 0 Å². The first kappa shape index (κ1) is 7.03.